The normalized spacial score (nSPS) is 20.8. The van der Waals surface area contributed by atoms with Gasteiger partial charge in [-0.3, -0.25) is 9.69 Å². The summed E-state index contributed by atoms with van der Waals surface area (Å²) in [6.45, 7) is 0.231. The molecule has 3 aliphatic rings. The van der Waals surface area contributed by atoms with Crippen molar-refractivity contribution in [3.05, 3.63) is 64.3 Å². The van der Waals surface area contributed by atoms with Gasteiger partial charge in [-0.1, -0.05) is 23.7 Å². The molecule has 0 saturated heterocycles. The number of rotatable bonds is 2. The summed E-state index contributed by atoms with van der Waals surface area (Å²) in [5.74, 6) is 0.381. The molecule has 0 aromatic heterocycles. The molecule has 0 N–H and O–H groups in total. The third kappa shape index (κ3) is 2.56. The fraction of sp³-hybridized carbons (Fsp3) is 0.200. The predicted molar refractivity (Wildman–Crippen MR) is 96.8 cm³/mol. The van der Waals surface area contributed by atoms with Gasteiger partial charge in [-0.2, -0.15) is 0 Å². The molecule has 3 aliphatic heterocycles. The van der Waals surface area contributed by atoms with Crippen LogP contribution in [-0.2, 0) is 14.3 Å². The Labute approximate surface area is 159 Å². The van der Waals surface area contributed by atoms with Gasteiger partial charge in [-0.25, -0.2) is 4.79 Å². The van der Waals surface area contributed by atoms with Crippen molar-refractivity contribution in [1.82, 2.24) is 0 Å². The molecule has 27 heavy (non-hydrogen) atoms. The van der Waals surface area contributed by atoms with E-state index in [1.807, 2.05) is 12.1 Å². The number of hydrogen-bond acceptors (Lipinski definition) is 5. The fourth-order valence-corrected chi connectivity index (χ4v) is 3.97. The van der Waals surface area contributed by atoms with E-state index in [1.165, 1.54) is 4.90 Å². The van der Waals surface area contributed by atoms with Crippen LogP contribution in [0.3, 0.4) is 0 Å². The van der Waals surface area contributed by atoms with Gasteiger partial charge in [0, 0.05) is 17.4 Å². The van der Waals surface area contributed by atoms with Crippen molar-refractivity contribution in [2.45, 2.75) is 12.3 Å². The minimum atomic E-state index is -0.396. The van der Waals surface area contributed by atoms with Crippen molar-refractivity contribution >= 4 is 29.2 Å². The first-order valence-electron chi connectivity index (χ1n) is 8.50. The van der Waals surface area contributed by atoms with Crippen LogP contribution in [0.2, 0.25) is 5.02 Å². The number of anilines is 1. The van der Waals surface area contributed by atoms with E-state index in [1.54, 1.807) is 30.3 Å². The van der Waals surface area contributed by atoms with Gasteiger partial charge in [-0.05, 0) is 35.9 Å². The zero-order chi connectivity index (χ0) is 18.5. The third-order valence-corrected chi connectivity index (χ3v) is 5.22. The lowest BCUT2D eigenvalue weighted by Gasteiger charge is -2.32. The van der Waals surface area contributed by atoms with Gasteiger partial charge in [0.2, 0.25) is 12.7 Å². The van der Waals surface area contributed by atoms with Crippen molar-refractivity contribution in [2.24, 2.45) is 0 Å². The van der Waals surface area contributed by atoms with Crippen LogP contribution in [0, 0.1) is 0 Å². The summed E-state index contributed by atoms with van der Waals surface area (Å²) in [6, 6.07) is 12.5. The highest BCUT2D eigenvalue weighted by atomic mass is 35.5. The summed E-state index contributed by atoms with van der Waals surface area (Å²) in [6.07, 6.45) is 0.153. The Morgan fingerprint density at radius 1 is 1.00 bits per heavy atom. The van der Waals surface area contributed by atoms with Gasteiger partial charge in [0.05, 0.1) is 17.0 Å². The van der Waals surface area contributed by atoms with Crippen LogP contribution in [0.15, 0.2) is 53.7 Å². The highest BCUT2D eigenvalue weighted by molar-refractivity contribution is 6.31. The Hall–Kier alpha value is -2.99. The molecular formula is C20H14ClNO5. The van der Waals surface area contributed by atoms with E-state index >= 15 is 0 Å². The molecule has 0 aliphatic carbocycles. The molecule has 6 nitrogen and oxygen atoms in total. The number of halogens is 1. The van der Waals surface area contributed by atoms with Crippen molar-refractivity contribution in [1.29, 1.82) is 0 Å². The smallest absolute Gasteiger partial charge is 0.336 e. The van der Waals surface area contributed by atoms with Gasteiger partial charge >= 0.3 is 5.97 Å². The van der Waals surface area contributed by atoms with E-state index in [0.717, 1.165) is 5.56 Å². The van der Waals surface area contributed by atoms with Gasteiger partial charge in [0.15, 0.2) is 11.5 Å². The number of hydrogen-bond donors (Lipinski definition) is 0. The summed E-state index contributed by atoms with van der Waals surface area (Å²) < 4.78 is 16.1. The first-order valence-corrected chi connectivity index (χ1v) is 8.88. The second-order valence-corrected chi connectivity index (χ2v) is 6.95. The zero-order valence-electron chi connectivity index (χ0n) is 14.1. The molecule has 5 rings (SSSR count). The van der Waals surface area contributed by atoms with Crippen LogP contribution >= 0.6 is 11.6 Å². The van der Waals surface area contributed by atoms with Crippen LogP contribution in [0.4, 0.5) is 5.69 Å². The molecule has 0 unspecified atom stereocenters. The van der Waals surface area contributed by atoms with Gasteiger partial charge in [0.1, 0.15) is 6.61 Å². The lowest BCUT2D eigenvalue weighted by Crippen LogP contribution is -2.37. The number of carbonyl (C=O) groups excluding carboxylic acids is 2. The lowest BCUT2D eigenvalue weighted by molar-refractivity contribution is -0.136. The topological polar surface area (TPSA) is 65.1 Å². The van der Waals surface area contributed by atoms with E-state index in [0.29, 0.717) is 33.5 Å². The van der Waals surface area contributed by atoms with Crippen LogP contribution in [0.1, 0.15) is 17.9 Å². The minimum Gasteiger partial charge on any atom is -0.456 e. The molecule has 0 saturated carbocycles. The Kier molecular flexibility index (Phi) is 3.62. The summed E-state index contributed by atoms with van der Waals surface area (Å²) >= 11 is 6.08. The molecule has 136 valence electrons. The predicted octanol–water partition coefficient (Wildman–Crippen LogP) is 3.40. The standard InChI is InChI=1S/C20H14ClNO5/c21-12-2-1-3-13(7-12)22-15-9-25-20(24)19(15)14(8-18(22)23)11-4-5-16-17(6-11)27-10-26-16/h1-7,14H,8-10H2/t14-/m1/s1. The largest absolute Gasteiger partial charge is 0.456 e. The van der Waals surface area contributed by atoms with E-state index in [9.17, 15) is 9.59 Å². The van der Waals surface area contributed by atoms with Crippen molar-refractivity contribution < 1.29 is 23.8 Å². The maximum atomic E-state index is 13.0. The minimum absolute atomic E-state index is 0.0630. The highest BCUT2D eigenvalue weighted by Gasteiger charge is 2.43. The van der Waals surface area contributed by atoms with E-state index in [-0.39, 0.29) is 31.6 Å². The van der Waals surface area contributed by atoms with E-state index in [4.69, 9.17) is 25.8 Å². The number of amides is 1. The Balaban J connectivity index is 1.61. The first-order chi connectivity index (χ1) is 13.1. The quantitative estimate of drug-likeness (QED) is 0.744. The van der Waals surface area contributed by atoms with E-state index in [2.05, 4.69) is 0 Å². The first kappa shape index (κ1) is 16.2. The Morgan fingerprint density at radius 2 is 1.85 bits per heavy atom. The van der Waals surface area contributed by atoms with Gasteiger partial charge < -0.3 is 14.2 Å². The molecule has 3 heterocycles. The molecule has 7 heteroatoms. The highest BCUT2D eigenvalue weighted by Crippen LogP contribution is 2.44. The number of nitrogens with zero attached hydrogens (tertiary/aromatic N) is 1. The number of esters is 1. The summed E-state index contributed by atoms with van der Waals surface area (Å²) in [7, 11) is 0. The monoisotopic (exact) mass is 383 g/mol. The van der Waals surface area contributed by atoms with Gasteiger partial charge in [0.25, 0.3) is 0 Å². The SMILES string of the molecule is O=C1OCC2=C1[C@@H](c1ccc3c(c1)OCO3)CC(=O)N2c1cccc(Cl)c1. The number of cyclic esters (lactones) is 1. The summed E-state index contributed by atoms with van der Waals surface area (Å²) in [5, 5.41) is 0.519. The summed E-state index contributed by atoms with van der Waals surface area (Å²) in [4.78, 5) is 27.0. The van der Waals surface area contributed by atoms with Crippen LogP contribution in [-0.4, -0.2) is 25.3 Å². The Bertz CT molecular complexity index is 1020. The molecule has 2 aromatic rings. The number of benzene rings is 2. The number of ether oxygens (including phenoxy) is 3. The lowest BCUT2D eigenvalue weighted by atomic mass is 9.84. The maximum Gasteiger partial charge on any atom is 0.336 e. The molecule has 2 aromatic carbocycles. The van der Waals surface area contributed by atoms with Crippen molar-refractivity contribution in [3.8, 4) is 11.5 Å². The number of carbonyl (C=O) groups is 2. The summed E-state index contributed by atoms with van der Waals surface area (Å²) in [5.41, 5.74) is 2.53. The Morgan fingerprint density at radius 3 is 2.70 bits per heavy atom. The fourth-order valence-electron chi connectivity index (χ4n) is 3.78. The number of fused-ring (bicyclic) bond motifs is 1. The second kappa shape index (κ2) is 6.03. The molecule has 0 radical (unpaired) electrons. The van der Waals surface area contributed by atoms with E-state index < -0.39 is 5.97 Å². The van der Waals surface area contributed by atoms with Gasteiger partial charge in [-0.15, -0.1) is 0 Å². The molecular weight excluding hydrogens is 370 g/mol. The van der Waals surface area contributed by atoms with Crippen molar-refractivity contribution in [2.75, 3.05) is 18.3 Å². The zero-order valence-corrected chi connectivity index (χ0v) is 14.9. The van der Waals surface area contributed by atoms with Crippen LogP contribution < -0.4 is 14.4 Å². The van der Waals surface area contributed by atoms with Crippen molar-refractivity contribution in [3.63, 3.8) is 0 Å². The third-order valence-electron chi connectivity index (χ3n) is 4.98. The second-order valence-electron chi connectivity index (χ2n) is 6.51. The average Bonchev–Trinajstić information content (AvgIpc) is 3.27. The maximum absolute atomic E-state index is 13.0. The van der Waals surface area contributed by atoms with Crippen LogP contribution in [0.25, 0.3) is 0 Å². The molecule has 0 fully saturated rings. The molecule has 0 bridgehead atoms. The molecule has 1 amide bonds. The molecule has 1 atom stereocenters. The average molecular weight is 384 g/mol. The molecule has 0 spiro atoms. The van der Waals surface area contributed by atoms with Crippen LogP contribution in [0.5, 0.6) is 11.5 Å².